The second-order valence-corrected chi connectivity index (χ2v) is 10.4. The minimum Gasteiger partial charge on any atom is -0.467 e. The summed E-state index contributed by atoms with van der Waals surface area (Å²) >= 11 is 0. The van der Waals surface area contributed by atoms with Crippen LogP contribution in [0.15, 0.2) is 42.7 Å². The van der Waals surface area contributed by atoms with Gasteiger partial charge in [0.2, 0.25) is 0 Å². The molecule has 2 bridgehead atoms. The van der Waals surface area contributed by atoms with Crippen molar-refractivity contribution in [3.63, 3.8) is 0 Å². The van der Waals surface area contributed by atoms with Crippen molar-refractivity contribution in [1.82, 2.24) is 24.8 Å². The van der Waals surface area contributed by atoms with Gasteiger partial charge in [-0.15, -0.1) is 0 Å². The van der Waals surface area contributed by atoms with Gasteiger partial charge in [0.15, 0.2) is 5.82 Å². The number of hydrogen-bond donors (Lipinski definition) is 1. The van der Waals surface area contributed by atoms with Crippen LogP contribution in [0, 0.1) is 6.92 Å². The molecule has 1 aromatic carbocycles. The molecule has 0 aliphatic carbocycles. The van der Waals surface area contributed by atoms with Gasteiger partial charge in [0, 0.05) is 56.2 Å². The lowest BCUT2D eigenvalue weighted by molar-refractivity contribution is 0.143. The Morgan fingerprint density at radius 1 is 1.00 bits per heavy atom. The molecule has 0 spiro atoms. The van der Waals surface area contributed by atoms with E-state index >= 15 is 0 Å². The predicted molar refractivity (Wildman–Crippen MR) is 141 cm³/mol. The maximum absolute atomic E-state index is 5.41. The third kappa shape index (κ3) is 4.18. The number of aromatic nitrogens is 3. The van der Waals surface area contributed by atoms with Crippen molar-refractivity contribution in [3.05, 3.63) is 70.7 Å². The average molecular weight is 486 g/mol. The van der Waals surface area contributed by atoms with Crippen molar-refractivity contribution < 1.29 is 4.74 Å². The molecule has 8 nitrogen and oxygen atoms in total. The van der Waals surface area contributed by atoms with Crippen LogP contribution in [0.4, 0.5) is 11.5 Å². The van der Waals surface area contributed by atoms with Crippen molar-refractivity contribution in [2.45, 2.75) is 58.0 Å². The summed E-state index contributed by atoms with van der Waals surface area (Å²) in [5.41, 5.74) is 6.80. The number of nitrogens with one attached hydrogen (secondary N) is 1. The highest BCUT2D eigenvalue weighted by atomic mass is 16.5. The number of aryl methyl sites for hydroxylation is 2. The average Bonchev–Trinajstić information content (AvgIpc) is 3.58. The zero-order valence-electron chi connectivity index (χ0n) is 21.6. The number of ether oxygens (including phenoxy) is 1. The van der Waals surface area contributed by atoms with Gasteiger partial charge < -0.3 is 19.9 Å². The fraction of sp³-hybridized carbons (Fsp3) is 0.464. The van der Waals surface area contributed by atoms with E-state index in [-0.39, 0.29) is 6.17 Å². The molecule has 36 heavy (non-hydrogen) atoms. The van der Waals surface area contributed by atoms with Crippen molar-refractivity contribution in [2.75, 3.05) is 37.5 Å². The molecule has 8 heteroatoms. The summed E-state index contributed by atoms with van der Waals surface area (Å²) in [6, 6.07) is 13.2. The largest absolute Gasteiger partial charge is 0.467 e. The SMILES string of the molecule is CCc1cncc(C2Nc3c(C)nc(OC)nc3N2Cc2ccc(CN3C[C@@H]4C[C@H]3CN4C)cc2)c1. The Hall–Kier alpha value is -3.23. The van der Waals surface area contributed by atoms with Crippen molar-refractivity contribution in [2.24, 2.45) is 0 Å². The number of methoxy groups -OCH3 is 1. The van der Waals surface area contributed by atoms with Gasteiger partial charge in [-0.3, -0.25) is 9.88 Å². The van der Waals surface area contributed by atoms with Gasteiger partial charge in [0.05, 0.1) is 12.8 Å². The molecule has 3 aliphatic heterocycles. The van der Waals surface area contributed by atoms with E-state index in [1.54, 1.807) is 7.11 Å². The zero-order chi connectivity index (χ0) is 24.8. The normalized spacial score (nSPS) is 23.2. The topological polar surface area (TPSA) is 69.7 Å². The quantitative estimate of drug-likeness (QED) is 0.542. The highest BCUT2D eigenvalue weighted by Gasteiger charge is 2.41. The number of piperazine rings is 1. The van der Waals surface area contributed by atoms with Gasteiger partial charge >= 0.3 is 6.01 Å². The lowest BCUT2D eigenvalue weighted by atomic mass is 10.1. The van der Waals surface area contributed by atoms with Crippen LogP contribution < -0.4 is 15.0 Å². The monoisotopic (exact) mass is 485 g/mol. The zero-order valence-corrected chi connectivity index (χ0v) is 21.6. The molecule has 0 saturated carbocycles. The number of benzene rings is 1. The van der Waals surface area contributed by atoms with Gasteiger partial charge in [-0.2, -0.15) is 9.97 Å². The number of likely N-dealkylation sites (N-methyl/N-ethyl adjacent to an activating group) is 1. The van der Waals surface area contributed by atoms with Gasteiger partial charge in [0.25, 0.3) is 0 Å². The molecular weight excluding hydrogens is 450 g/mol. The first kappa shape index (κ1) is 23.2. The summed E-state index contributed by atoms with van der Waals surface area (Å²) in [6.45, 7) is 8.29. The van der Waals surface area contributed by atoms with Crippen LogP contribution in [0.2, 0.25) is 0 Å². The van der Waals surface area contributed by atoms with Crippen LogP contribution in [0.1, 0.15) is 47.5 Å². The standard InChI is InChI=1S/C28H35N7O/c1-5-19-10-22(13-29-12-19)26-31-25-18(2)30-28(36-4)32-27(25)35(26)15-21-8-6-20(7-9-21)14-34-17-23-11-24(34)16-33(23)3/h6-10,12-13,23-24,26,31H,5,11,14-17H2,1-4H3/t23-,24-,26?/m0/s1. The molecule has 2 fully saturated rings. The van der Waals surface area contributed by atoms with Crippen molar-refractivity contribution >= 4 is 11.5 Å². The van der Waals surface area contributed by atoms with Crippen LogP contribution in [-0.4, -0.2) is 64.1 Å². The molecule has 0 amide bonds. The van der Waals surface area contributed by atoms with Crippen LogP contribution in [0.25, 0.3) is 0 Å². The molecule has 3 aliphatic rings. The Labute approximate surface area is 213 Å². The van der Waals surface area contributed by atoms with Crippen LogP contribution >= 0.6 is 0 Å². The van der Waals surface area contributed by atoms with Gasteiger partial charge in [0.1, 0.15) is 11.9 Å². The van der Waals surface area contributed by atoms with Gasteiger partial charge in [-0.05, 0) is 49.6 Å². The highest BCUT2D eigenvalue weighted by molar-refractivity contribution is 5.75. The minimum atomic E-state index is -0.0732. The molecule has 188 valence electrons. The fourth-order valence-electron chi connectivity index (χ4n) is 5.94. The molecule has 3 aromatic rings. The van der Waals surface area contributed by atoms with E-state index in [1.165, 1.54) is 36.2 Å². The number of likely N-dealkylation sites (tertiary alicyclic amines) is 2. The summed E-state index contributed by atoms with van der Waals surface area (Å²) in [5, 5.41) is 3.67. The second-order valence-electron chi connectivity index (χ2n) is 10.4. The number of rotatable bonds is 7. The third-order valence-electron chi connectivity index (χ3n) is 8.03. The number of anilines is 2. The first-order chi connectivity index (χ1) is 17.5. The maximum atomic E-state index is 5.41. The molecule has 2 aromatic heterocycles. The fourth-order valence-corrected chi connectivity index (χ4v) is 5.94. The van der Waals surface area contributed by atoms with E-state index in [4.69, 9.17) is 9.72 Å². The third-order valence-corrected chi connectivity index (χ3v) is 8.03. The van der Waals surface area contributed by atoms with E-state index in [1.807, 2.05) is 19.3 Å². The Bertz CT molecular complexity index is 1250. The molecule has 1 unspecified atom stereocenters. The lowest BCUT2D eigenvalue weighted by Gasteiger charge is -2.32. The Morgan fingerprint density at radius 2 is 1.78 bits per heavy atom. The van der Waals surface area contributed by atoms with E-state index in [9.17, 15) is 0 Å². The molecule has 3 atom stereocenters. The Kier molecular flexibility index (Phi) is 6.01. The molecule has 6 rings (SSSR count). The highest BCUT2D eigenvalue weighted by Crippen LogP contribution is 2.43. The Balaban J connectivity index is 1.25. The molecule has 5 heterocycles. The second kappa shape index (κ2) is 9.33. The Morgan fingerprint density at radius 3 is 2.44 bits per heavy atom. The van der Waals surface area contributed by atoms with Crippen molar-refractivity contribution in [3.8, 4) is 6.01 Å². The summed E-state index contributed by atoms with van der Waals surface area (Å²) < 4.78 is 5.41. The number of nitrogens with zero attached hydrogens (tertiary/aromatic N) is 6. The molecule has 1 N–H and O–H groups in total. The van der Waals surface area contributed by atoms with Crippen LogP contribution in [-0.2, 0) is 19.5 Å². The summed E-state index contributed by atoms with van der Waals surface area (Å²) in [4.78, 5) is 21.2. The maximum Gasteiger partial charge on any atom is 0.318 e. The van der Waals surface area contributed by atoms with E-state index < -0.39 is 0 Å². The summed E-state index contributed by atoms with van der Waals surface area (Å²) in [5.74, 6) is 0.868. The smallest absolute Gasteiger partial charge is 0.318 e. The van der Waals surface area contributed by atoms with Crippen molar-refractivity contribution in [1.29, 1.82) is 0 Å². The lowest BCUT2D eigenvalue weighted by Crippen LogP contribution is -2.43. The van der Waals surface area contributed by atoms with E-state index in [0.717, 1.165) is 48.3 Å². The number of fused-ring (bicyclic) bond motifs is 3. The first-order valence-corrected chi connectivity index (χ1v) is 12.9. The molecule has 2 saturated heterocycles. The van der Waals surface area contributed by atoms with Gasteiger partial charge in [-0.25, -0.2) is 0 Å². The summed E-state index contributed by atoms with van der Waals surface area (Å²) in [7, 11) is 3.87. The van der Waals surface area contributed by atoms with Crippen LogP contribution in [0.3, 0.4) is 0 Å². The van der Waals surface area contributed by atoms with Crippen LogP contribution in [0.5, 0.6) is 6.01 Å². The van der Waals surface area contributed by atoms with E-state index in [0.29, 0.717) is 12.1 Å². The molecule has 0 radical (unpaired) electrons. The van der Waals surface area contributed by atoms with E-state index in [2.05, 4.69) is 74.3 Å². The predicted octanol–water partition coefficient (Wildman–Crippen LogP) is 3.77. The number of pyridine rings is 1. The molecular formula is C28H35N7O. The number of hydrogen-bond acceptors (Lipinski definition) is 8. The first-order valence-electron chi connectivity index (χ1n) is 12.9. The summed E-state index contributed by atoms with van der Waals surface area (Å²) in [6.07, 6.45) is 6.07. The van der Waals surface area contributed by atoms with Gasteiger partial charge in [-0.1, -0.05) is 31.2 Å². The minimum absolute atomic E-state index is 0.0732.